The maximum absolute atomic E-state index is 15.5. The maximum Gasteiger partial charge on any atom is 0.221 e. The molecule has 11 nitrogen and oxygen atoms in total. The first-order chi connectivity index (χ1) is 23.7. The summed E-state index contributed by atoms with van der Waals surface area (Å²) in [6, 6.07) is 9.59. The molecule has 49 heavy (non-hydrogen) atoms. The maximum atomic E-state index is 15.5. The van der Waals surface area contributed by atoms with Crippen LogP contribution in [0, 0.1) is 11.6 Å². The molecule has 0 bridgehead atoms. The lowest BCUT2D eigenvalue weighted by molar-refractivity contribution is -0.120. The van der Waals surface area contributed by atoms with Crippen molar-refractivity contribution >= 4 is 46.5 Å². The molecular weight excluding hydrogens is 677 g/mol. The van der Waals surface area contributed by atoms with Crippen molar-refractivity contribution < 1.29 is 23.1 Å². The lowest BCUT2D eigenvalue weighted by atomic mass is 10.0. The highest BCUT2D eigenvalue weighted by Crippen LogP contribution is 2.41. The smallest absolute Gasteiger partial charge is 0.221 e. The number of rotatable bonds is 13. The Morgan fingerprint density at radius 3 is 2.27 bits per heavy atom. The molecular formula is C34H34Cl2F2N8O3. The van der Waals surface area contributed by atoms with Crippen LogP contribution in [0.15, 0.2) is 48.8 Å². The van der Waals surface area contributed by atoms with E-state index >= 15 is 8.78 Å². The summed E-state index contributed by atoms with van der Waals surface area (Å²) < 4.78 is 36.4. The van der Waals surface area contributed by atoms with Gasteiger partial charge in [-0.25, -0.2) is 18.7 Å². The van der Waals surface area contributed by atoms with Crippen LogP contribution in [0.1, 0.15) is 36.8 Å². The summed E-state index contributed by atoms with van der Waals surface area (Å²) in [6.07, 6.45) is 5.44. The molecule has 3 aromatic heterocycles. The van der Waals surface area contributed by atoms with Gasteiger partial charge >= 0.3 is 0 Å². The zero-order chi connectivity index (χ0) is 34.5. The van der Waals surface area contributed by atoms with Gasteiger partial charge in [-0.15, -0.1) is 0 Å². The predicted molar refractivity (Wildman–Crippen MR) is 183 cm³/mol. The minimum atomic E-state index is -0.545. The number of amides is 2. The molecule has 256 valence electrons. The van der Waals surface area contributed by atoms with Crippen molar-refractivity contribution in [3.8, 4) is 28.4 Å². The number of aromatic nitrogens is 3. The fourth-order valence-electron chi connectivity index (χ4n) is 5.87. The summed E-state index contributed by atoms with van der Waals surface area (Å²) in [5, 5.41) is 15.5. The number of nitrogens with zero attached hydrogens (tertiary/aromatic N) is 3. The highest BCUT2D eigenvalue weighted by molar-refractivity contribution is 6.39. The third-order valence-electron chi connectivity index (χ3n) is 8.44. The van der Waals surface area contributed by atoms with Crippen molar-refractivity contribution in [1.29, 1.82) is 0 Å². The molecule has 2 atom stereocenters. The van der Waals surface area contributed by atoms with E-state index in [2.05, 4.69) is 41.5 Å². The molecule has 4 aromatic rings. The number of nitrogens with one attached hydrogen (secondary N) is 5. The van der Waals surface area contributed by atoms with Crippen molar-refractivity contribution in [2.45, 2.75) is 50.9 Å². The van der Waals surface area contributed by atoms with E-state index in [1.165, 1.54) is 25.6 Å². The Morgan fingerprint density at radius 2 is 1.59 bits per heavy atom. The molecule has 0 radical (unpaired) electrons. The average molecular weight is 712 g/mol. The Bertz CT molecular complexity index is 1880. The minimum absolute atomic E-state index is 0.00758. The first-order valence-electron chi connectivity index (χ1n) is 15.8. The molecule has 1 aromatic carbocycles. The molecule has 2 aliphatic heterocycles. The number of halogens is 4. The first kappa shape index (κ1) is 34.4. The molecule has 6 rings (SSSR count). The quantitative estimate of drug-likeness (QED) is 0.125. The predicted octanol–water partition coefficient (Wildman–Crippen LogP) is 5.28. The van der Waals surface area contributed by atoms with E-state index in [0.717, 1.165) is 12.8 Å². The standard InChI is InChI=1S/C34H34Cl2F2N8O3/c1-49-34-23(17-40-16-20-6-8-28(48)44-20)24(37)13-26(46-34)21-10-12-41-32(30(21)36)22-3-2-4-25(29(22)35)45-33-31(38)18(9-11-42-33)14-39-15-19-5-7-27(47)43-19/h2-4,9-13,19-20,39-40H,5-8,14-17H2,1H3,(H,42,45)(H,43,47)(H,44,48)/t19-,20-/m1/s1. The van der Waals surface area contributed by atoms with Gasteiger partial charge in [-0.05, 0) is 31.0 Å². The third kappa shape index (κ3) is 7.91. The number of benzene rings is 1. The number of carbonyl (C=O) groups is 2. The number of methoxy groups -OCH3 is 1. The van der Waals surface area contributed by atoms with E-state index in [9.17, 15) is 9.59 Å². The summed E-state index contributed by atoms with van der Waals surface area (Å²) in [5.74, 6) is -0.985. The van der Waals surface area contributed by atoms with Crippen molar-refractivity contribution in [2.75, 3.05) is 25.5 Å². The molecule has 5 heterocycles. The second-order valence-electron chi connectivity index (χ2n) is 11.8. The Morgan fingerprint density at radius 1 is 0.898 bits per heavy atom. The molecule has 5 N–H and O–H groups in total. The number of ether oxygens (including phenoxy) is 1. The zero-order valence-electron chi connectivity index (χ0n) is 26.5. The lowest BCUT2D eigenvalue weighted by Crippen LogP contribution is -2.35. The van der Waals surface area contributed by atoms with Crippen LogP contribution in [0.3, 0.4) is 0 Å². The molecule has 15 heteroatoms. The molecule has 2 saturated heterocycles. The second kappa shape index (κ2) is 15.4. The van der Waals surface area contributed by atoms with Gasteiger partial charge in [0, 0.05) is 86.3 Å². The Labute approximate surface area is 291 Å². The van der Waals surface area contributed by atoms with Gasteiger partial charge in [0.15, 0.2) is 11.6 Å². The van der Waals surface area contributed by atoms with Crippen LogP contribution in [0.5, 0.6) is 5.88 Å². The minimum Gasteiger partial charge on any atom is -0.481 e. The lowest BCUT2D eigenvalue weighted by Gasteiger charge is -2.16. The molecule has 0 unspecified atom stereocenters. The Hall–Kier alpha value is -4.43. The number of hydrogen-bond donors (Lipinski definition) is 5. The van der Waals surface area contributed by atoms with Crippen LogP contribution < -0.4 is 31.3 Å². The van der Waals surface area contributed by atoms with Crippen LogP contribution in [0.25, 0.3) is 22.5 Å². The normalized spacial score (nSPS) is 17.2. The van der Waals surface area contributed by atoms with Crippen LogP contribution in [0.4, 0.5) is 20.3 Å². The van der Waals surface area contributed by atoms with Gasteiger partial charge in [-0.3, -0.25) is 14.6 Å². The third-order valence-corrected chi connectivity index (χ3v) is 9.22. The van der Waals surface area contributed by atoms with Crippen molar-refractivity contribution in [2.24, 2.45) is 0 Å². The van der Waals surface area contributed by atoms with Crippen LogP contribution in [-0.2, 0) is 22.7 Å². The summed E-state index contributed by atoms with van der Waals surface area (Å²) in [5.41, 5.74) is 2.39. The molecule has 2 amide bonds. The SMILES string of the molecule is COc1nc(-c2ccnc(-c3cccc(Nc4nccc(CNC[C@H]5CCC(=O)N5)c4F)c3Cl)c2Cl)cc(F)c1CNC[C@H]1CCC(=O)N1. The first-order valence-corrected chi connectivity index (χ1v) is 16.5. The molecule has 2 fully saturated rings. The fraction of sp³-hybridized carbons (Fsp3) is 0.324. The highest BCUT2D eigenvalue weighted by Gasteiger charge is 2.23. The van der Waals surface area contributed by atoms with Gasteiger partial charge in [0.1, 0.15) is 5.82 Å². The van der Waals surface area contributed by atoms with Gasteiger partial charge < -0.3 is 31.3 Å². The Kier molecular flexibility index (Phi) is 10.8. The number of pyridine rings is 3. The zero-order valence-corrected chi connectivity index (χ0v) is 28.0. The van der Waals surface area contributed by atoms with E-state index < -0.39 is 11.6 Å². The molecule has 0 aliphatic carbocycles. The van der Waals surface area contributed by atoms with Crippen LogP contribution in [-0.4, -0.2) is 59.0 Å². The van der Waals surface area contributed by atoms with Crippen molar-refractivity contribution in [3.05, 3.63) is 81.6 Å². The van der Waals surface area contributed by atoms with E-state index in [1.54, 1.807) is 30.3 Å². The Balaban J connectivity index is 1.19. The summed E-state index contributed by atoms with van der Waals surface area (Å²) in [7, 11) is 1.41. The summed E-state index contributed by atoms with van der Waals surface area (Å²) in [4.78, 5) is 36.1. The summed E-state index contributed by atoms with van der Waals surface area (Å²) in [6.45, 7) is 1.40. The van der Waals surface area contributed by atoms with E-state index in [1.807, 2.05) is 0 Å². The molecule has 0 saturated carbocycles. The number of carbonyl (C=O) groups excluding carboxylic acids is 2. The van der Waals surface area contributed by atoms with E-state index in [0.29, 0.717) is 54.0 Å². The van der Waals surface area contributed by atoms with E-state index in [4.69, 9.17) is 27.9 Å². The molecule has 2 aliphatic rings. The molecule has 0 spiro atoms. The second-order valence-corrected chi connectivity index (χ2v) is 12.5. The monoisotopic (exact) mass is 710 g/mol. The average Bonchev–Trinajstić information content (AvgIpc) is 3.71. The van der Waals surface area contributed by atoms with Crippen LogP contribution in [0.2, 0.25) is 10.0 Å². The van der Waals surface area contributed by atoms with Gasteiger partial charge in [-0.1, -0.05) is 35.3 Å². The summed E-state index contributed by atoms with van der Waals surface area (Å²) >= 11 is 13.7. The van der Waals surface area contributed by atoms with Crippen LogP contribution >= 0.6 is 23.2 Å². The topological polar surface area (TPSA) is 142 Å². The van der Waals surface area contributed by atoms with Gasteiger partial charge in [0.05, 0.1) is 39.8 Å². The van der Waals surface area contributed by atoms with Gasteiger partial charge in [0.25, 0.3) is 0 Å². The van der Waals surface area contributed by atoms with Crippen molar-refractivity contribution in [1.82, 2.24) is 36.2 Å². The number of anilines is 2. The highest BCUT2D eigenvalue weighted by atomic mass is 35.5. The van der Waals surface area contributed by atoms with Gasteiger partial charge in [-0.2, -0.15) is 0 Å². The van der Waals surface area contributed by atoms with E-state index in [-0.39, 0.29) is 70.0 Å². The number of hydrogen-bond acceptors (Lipinski definition) is 9. The fourth-order valence-corrected chi connectivity index (χ4v) is 6.45. The largest absolute Gasteiger partial charge is 0.481 e. The van der Waals surface area contributed by atoms with Gasteiger partial charge in [0.2, 0.25) is 17.7 Å². The van der Waals surface area contributed by atoms with Crippen molar-refractivity contribution in [3.63, 3.8) is 0 Å².